The Morgan fingerprint density at radius 1 is 1.12 bits per heavy atom. The van der Waals surface area contributed by atoms with Crippen molar-refractivity contribution in [3.63, 3.8) is 0 Å². The van der Waals surface area contributed by atoms with E-state index in [-0.39, 0.29) is 0 Å². The zero-order valence-electron chi connectivity index (χ0n) is 10.1. The smallest absolute Gasteiger partial charge is 0.127 e. The predicted octanol–water partition coefficient (Wildman–Crippen LogP) is 4.56. The zero-order chi connectivity index (χ0) is 12.1. The minimum absolute atomic E-state index is 0.850. The van der Waals surface area contributed by atoms with E-state index >= 15 is 0 Å². The summed E-state index contributed by atoms with van der Waals surface area (Å²) in [4.78, 5) is 1.32. The van der Waals surface area contributed by atoms with Gasteiger partial charge in [-0.05, 0) is 54.6 Å². The third kappa shape index (κ3) is 3.04. The van der Waals surface area contributed by atoms with Crippen LogP contribution in [0.25, 0.3) is 0 Å². The number of aryl methyl sites for hydroxylation is 1. The lowest BCUT2D eigenvalue weighted by atomic mass is 10.1. The first kappa shape index (κ1) is 12.1. The number of rotatable bonds is 4. The standard InChI is InChI=1S/C15H15OS/c1-3-12-11-14(9-10-15(12)17-2)16-13-7-5-4-6-8-13/h5-11H,3H2,1-2H3. The van der Waals surface area contributed by atoms with Gasteiger partial charge < -0.3 is 4.74 Å². The Labute approximate surface area is 107 Å². The molecule has 17 heavy (non-hydrogen) atoms. The minimum atomic E-state index is 0.850. The monoisotopic (exact) mass is 243 g/mol. The highest BCUT2D eigenvalue weighted by atomic mass is 32.2. The largest absolute Gasteiger partial charge is 0.457 e. The van der Waals surface area contributed by atoms with Crippen LogP contribution < -0.4 is 4.74 Å². The Hall–Kier alpha value is -1.41. The molecule has 0 bridgehead atoms. The third-order valence-corrected chi connectivity index (χ3v) is 3.39. The van der Waals surface area contributed by atoms with Gasteiger partial charge in [-0.2, -0.15) is 0 Å². The fourth-order valence-electron chi connectivity index (χ4n) is 1.67. The topological polar surface area (TPSA) is 9.23 Å². The minimum Gasteiger partial charge on any atom is -0.457 e. The van der Waals surface area contributed by atoms with Crippen LogP contribution in [0.5, 0.6) is 11.5 Å². The number of hydrogen-bond donors (Lipinski definition) is 0. The van der Waals surface area contributed by atoms with Crippen molar-refractivity contribution in [2.24, 2.45) is 0 Å². The highest BCUT2D eigenvalue weighted by molar-refractivity contribution is 7.98. The van der Waals surface area contributed by atoms with E-state index in [2.05, 4.69) is 31.4 Å². The Bertz CT molecular complexity index is 480. The molecule has 0 amide bonds. The molecule has 0 atom stereocenters. The van der Waals surface area contributed by atoms with E-state index in [1.54, 1.807) is 11.8 Å². The molecule has 0 spiro atoms. The molecule has 0 fully saturated rings. The van der Waals surface area contributed by atoms with Gasteiger partial charge in [0.2, 0.25) is 0 Å². The summed E-state index contributed by atoms with van der Waals surface area (Å²) < 4.78 is 5.79. The summed E-state index contributed by atoms with van der Waals surface area (Å²) in [5.41, 5.74) is 1.33. The lowest BCUT2D eigenvalue weighted by Crippen LogP contribution is -1.88. The van der Waals surface area contributed by atoms with Crippen molar-refractivity contribution in [3.05, 3.63) is 54.1 Å². The van der Waals surface area contributed by atoms with E-state index in [9.17, 15) is 0 Å². The summed E-state index contributed by atoms with van der Waals surface area (Å²) in [6.45, 7) is 2.16. The Balaban J connectivity index is 2.22. The van der Waals surface area contributed by atoms with Crippen LogP contribution in [-0.2, 0) is 6.42 Å². The highest BCUT2D eigenvalue weighted by Crippen LogP contribution is 2.28. The molecule has 0 aliphatic rings. The molecule has 0 aromatic heterocycles. The molecule has 2 rings (SSSR count). The highest BCUT2D eigenvalue weighted by Gasteiger charge is 2.03. The first-order chi connectivity index (χ1) is 8.33. The predicted molar refractivity (Wildman–Crippen MR) is 73.0 cm³/mol. The Morgan fingerprint density at radius 2 is 1.88 bits per heavy atom. The quantitative estimate of drug-likeness (QED) is 0.728. The summed E-state index contributed by atoms with van der Waals surface area (Å²) in [6.07, 6.45) is 3.12. The molecular formula is C15H15OS. The van der Waals surface area contributed by atoms with Crippen molar-refractivity contribution in [2.75, 3.05) is 6.26 Å². The summed E-state index contributed by atoms with van der Waals surface area (Å²) >= 11 is 1.77. The lowest BCUT2D eigenvalue weighted by Gasteiger charge is -2.09. The molecule has 0 aliphatic carbocycles. The van der Waals surface area contributed by atoms with Crippen LogP contribution >= 0.6 is 11.8 Å². The SMILES string of the molecule is CCc1cc(Oc2cc[c]cc2)ccc1SC. The molecule has 0 saturated carbocycles. The molecular weight excluding hydrogens is 228 g/mol. The molecule has 0 N–H and O–H groups in total. The van der Waals surface area contributed by atoms with Crippen LogP contribution in [0.1, 0.15) is 12.5 Å². The molecule has 0 heterocycles. The van der Waals surface area contributed by atoms with Crippen molar-refractivity contribution < 1.29 is 4.74 Å². The van der Waals surface area contributed by atoms with Crippen molar-refractivity contribution >= 4 is 11.8 Å². The van der Waals surface area contributed by atoms with Crippen LogP contribution in [0.2, 0.25) is 0 Å². The summed E-state index contributed by atoms with van der Waals surface area (Å²) in [7, 11) is 0. The van der Waals surface area contributed by atoms with E-state index in [0.29, 0.717) is 0 Å². The van der Waals surface area contributed by atoms with Crippen LogP contribution in [-0.4, -0.2) is 6.26 Å². The fourth-order valence-corrected chi connectivity index (χ4v) is 2.34. The van der Waals surface area contributed by atoms with E-state index in [1.165, 1.54) is 10.5 Å². The van der Waals surface area contributed by atoms with Gasteiger partial charge in [-0.3, -0.25) is 0 Å². The zero-order valence-corrected chi connectivity index (χ0v) is 10.9. The van der Waals surface area contributed by atoms with Gasteiger partial charge in [0.1, 0.15) is 11.5 Å². The first-order valence-electron chi connectivity index (χ1n) is 5.64. The van der Waals surface area contributed by atoms with E-state index < -0.39 is 0 Å². The number of benzene rings is 2. The second kappa shape index (κ2) is 5.78. The van der Waals surface area contributed by atoms with Gasteiger partial charge in [-0.1, -0.05) is 19.1 Å². The molecule has 0 unspecified atom stereocenters. The van der Waals surface area contributed by atoms with Crippen LogP contribution in [0.3, 0.4) is 0 Å². The van der Waals surface area contributed by atoms with Gasteiger partial charge in [0.05, 0.1) is 0 Å². The van der Waals surface area contributed by atoms with Crippen LogP contribution in [0, 0.1) is 6.07 Å². The van der Waals surface area contributed by atoms with Gasteiger partial charge in [0, 0.05) is 4.90 Å². The number of thioether (sulfide) groups is 1. The molecule has 1 radical (unpaired) electrons. The third-order valence-electron chi connectivity index (χ3n) is 2.56. The molecule has 87 valence electrons. The summed E-state index contributed by atoms with van der Waals surface area (Å²) in [5, 5.41) is 0. The molecule has 0 saturated heterocycles. The molecule has 0 aliphatic heterocycles. The Morgan fingerprint density at radius 3 is 2.53 bits per heavy atom. The molecule has 1 nitrogen and oxygen atoms in total. The molecule has 2 heteroatoms. The normalized spacial score (nSPS) is 10.2. The molecule has 2 aromatic rings. The Kier molecular flexibility index (Phi) is 4.10. The van der Waals surface area contributed by atoms with E-state index in [0.717, 1.165) is 17.9 Å². The van der Waals surface area contributed by atoms with Crippen LogP contribution in [0.15, 0.2) is 47.4 Å². The average molecular weight is 243 g/mol. The maximum atomic E-state index is 5.79. The van der Waals surface area contributed by atoms with Crippen molar-refractivity contribution in [2.45, 2.75) is 18.2 Å². The number of hydrogen-bond acceptors (Lipinski definition) is 2. The van der Waals surface area contributed by atoms with Crippen LogP contribution in [0.4, 0.5) is 0 Å². The first-order valence-corrected chi connectivity index (χ1v) is 6.87. The van der Waals surface area contributed by atoms with E-state index in [1.807, 2.05) is 30.3 Å². The van der Waals surface area contributed by atoms with Crippen molar-refractivity contribution in [1.29, 1.82) is 0 Å². The second-order valence-corrected chi connectivity index (χ2v) is 4.51. The lowest BCUT2D eigenvalue weighted by molar-refractivity contribution is 0.481. The maximum Gasteiger partial charge on any atom is 0.127 e. The van der Waals surface area contributed by atoms with Gasteiger partial charge in [-0.25, -0.2) is 0 Å². The van der Waals surface area contributed by atoms with Gasteiger partial charge in [0.15, 0.2) is 0 Å². The van der Waals surface area contributed by atoms with Gasteiger partial charge in [0.25, 0.3) is 0 Å². The van der Waals surface area contributed by atoms with Crippen molar-refractivity contribution in [1.82, 2.24) is 0 Å². The molecule has 2 aromatic carbocycles. The maximum absolute atomic E-state index is 5.79. The van der Waals surface area contributed by atoms with Gasteiger partial charge >= 0.3 is 0 Å². The number of ether oxygens (including phenoxy) is 1. The van der Waals surface area contributed by atoms with Crippen molar-refractivity contribution in [3.8, 4) is 11.5 Å². The average Bonchev–Trinajstić information content (AvgIpc) is 2.40. The van der Waals surface area contributed by atoms with E-state index in [4.69, 9.17) is 4.74 Å². The summed E-state index contributed by atoms with van der Waals surface area (Å²) in [5.74, 6) is 1.74. The summed E-state index contributed by atoms with van der Waals surface area (Å²) in [6, 6.07) is 16.8. The second-order valence-electron chi connectivity index (χ2n) is 3.66. The fraction of sp³-hybridized carbons (Fsp3) is 0.200. The van der Waals surface area contributed by atoms with Gasteiger partial charge in [-0.15, -0.1) is 11.8 Å².